The highest BCUT2D eigenvalue weighted by Crippen LogP contribution is 2.31. The highest BCUT2D eigenvalue weighted by Gasteiger charge is 2.20. The van der Waals surface area contributed by atoms with E-state index in [0.29, 0.717) is 50.0 Å². The molecule has 6 heteroatoms. The molecule has 0 aliphatic carbocycles. The highest BCUT2D eigenvalue weighted by atomic mass is 16.6. The Bertz CT molecular complexity index is 653. The number of nitrogens with zero attached hydrogens (tertiary/aromatic N) is 1. The summed E-state index contributed by atoms with van der Waals surface area (Å²) in [4.78, 5) is 14.5. The fourth-order valence-corrected chi connectivity index (χ4v) is 2.40. The van der Waals surface area contributed by atoms with Gasteiger partial charge in [0.15, 0.2) is 11.5 Å². The molecule has 2 heterocycles. The first-order chi connectivity index (χ1) is 11.3. The summed E-state index contributed by atoms with van der Waals surface area (Å²) >= 11 is 0. The minimum Gasteiger partial charge on any atom is -0.486 e. The first-order valence-corrected chi connectivity index (χ1v) is 7.48. The molecular weight excluding hydrogens is 298 g/mol. The van der Waals surface area contributed by atoms with Crippen molar-refractivity contribution in [2.75, 3.05) is 33.5 Å². The van der Waals surface area contributed by atoms with Gasteiger partial charge in [-0.25, -0.2) is 0 Å². The molecule has 0 saturated carbocycles. The zero-order valence-corrected chi connectivity index (χ0v) is 13.0. The molecule has 0 radical (unpaired) electrons. The second-order valence-electron chi connectivity index (χ2n) is 5.16. The van der Waals surface area contributed by atoms with Gasteiger partial charge in [0.1, 0.15) is 19.0 Å². The molecule has 6 nitrogen and oxygen atoms in total. The summed E-state index contributed by atoms with van der Waals surface area (Å²) in [6, 6.07) is 8.88. The van der Waals surface area contributed by atoms with Gasteiger partial charge in [0.25, 0.3) is 5.91 Å². The molecule has 3 rings (SSSR count). The summed E-state index contributed by atoms with van der Waals surface area (Å²) in [5, 5.41) is 0. The molecule has 23 heavy (non-hydrogen) atoms. The van der Waals surface area contributed by atoms with Crippen LogP contribution in [0.15, 0.2) is 41.0 Å². The van der Waals surface area contributed by atoms with Gasteiger partial charge in [0.05, 0.1) is 19.4 Å². The third kappa shape index (κ3) is 3.65. The summed E-state index contributed by atoms with van der Waals surface area (Å²) in [5.74, 6) is 1.90. The third-order valence-corrected chi connectivity index (χ3v) is 3.57. The lowest BCUT2D eigenvalue weighted by Crippen LogP contribution is -2.33. The van der Waals surface area contributed by atoms with E-state index >= 15 is 0 Å². The molecule has 2 aromatic rings. The number of amides is 1. The van der Waals surface area contributed by atoms with E-state index in [0.717, 1.165) is 5.76 Å². The third-order valence-electron chi connectivity index (χ3n) is 3.57. The fraction of sp³-hybridized carbons (Fsp3) is 0.353. The number of carbonyl (C=O) groups excluding carboxylic acids is 1. The molecule has 0 unspecified atom stereocenters. The van der Waals surface area contributed by atoms with Crippen LogP contribution in [-0.4, -0.2) is 44.3 Å². The SMILES string of the molecule is COCCN(Cc1ccco1)C(=O)c1ccc2c(c1)OCCO2. The smallest absolute Gasteiger partial charge is 0.254 e. The number of hydrogen-bond acceptors (Lipinski definition) is 5. The van der Waals surface area contributed by atoms with Crippen LogP contribution in [0.1, 0.15) is 16.1 Å². The van der Waals surface area contributed by atoms with Crippen molar-refractivity contribution in [2.45, 2.75) is 6.54 Å². The molecule has 1 aliphatic rings. The number of furan rings is 1. The van der Waals surface area contributed by atoms with Crippen molar-refractivity contribution >= 4 is 5.91 Å². The summed E-state index contributed by atoms with van der Waals surface area (Å²) in [5.41, 5.74) is 0.553. The molecule has 0 spiro atoms. The van der Waals surface area contributed by atoms with Crippen molar-refractivity contribution in [3.8, 4) is 11.5 Å². The predicted molar refractivity (Wildman–Crippen MR) is 82.8 cm³/mol. The predicted octanol–water partition coefficient (Wildman–Crippen LogP) is 2.34. The van der Waals surface area contributed by atoms with Gasteiger partial charge < -0.3 is 23.5 Å². The van der Waals surface area contributed by atoms with Gasteiger partial charge in [-0.05, 0) is 30.3 Å². The number of rotatable bonds is 6. The lowest BCUT2D eigenvalue weighted by atomic mass is 10.1. The van der Waals surface area contributed by atoms with Crippen molar-refractivity contribution < 1.29 is 23.4 Å². The van der Waals surface area contributed by atoms with Gasteiger partial charge in [0.2, 0.25) is 0 Å². The van der Waals surface area contributed by atoms with Gasteiger partial charge in [0, 0.05) is 19.2 Å². The number of carbonyl (C=O) groups is 1. The molecule has 122 valence electrons. The lowest BCUT2D eigenvalue weighted by Gasteiger charge is -2.23. The summed E-state index contributed by atoms with van der Waals surface area (Å²) in [6.45, 7) is 2.34. The van der Waals surface area contributed by atoms with Crippen LogP contribution in [0, 0.1) is 0 Å². The average molecular weight is 317 g/mol. The quantitative estimate of drug-likeness (QED) is 0.818. The van der Waals surface area contributed by atoms with Crippen LogP contribution in [-0.2, 0) is 11.3 Å². The van der Waals surface area contributed by atoms with E-state index in [1.165, 1.54) is 0 Å². The molecule has 1 amide bonds. The van der Waals surface area contributed by atoms with E-state index in [1.54, 1.807) is 42.5 Å². The lowest BCUT2D eigenvalue weighted by molar-refractivity contribution is 0.0665. The normalized spacial score (nSPS) is 12.9. The van der Waals surface area contributed by atoms with Crippen LogP contribution in [0.3, 0.4) is 0 Å². The van der Waals surface area contributed by atoms with Crippen molar-refractivity contribution in [1.29, 1.82) is 0 Å². The largest absolute Gasteiger partial charge is 0.486 e. The van der Waals surface area contributed by atoms with Crippen LogP contribution in [0.4, 0.5) is 0 Å². The Morgan fingerprint density at radius 1 is 1.22 bits per heavy atom. The number of ether oxygens (including phenoxy) is 3. The molecule has 1 aromatic heterocycles. The first-order valence-electron chi connectivity index (χ1n) is 7.48. The Kier molecular flexibility index (Phi) is 4.83. The van der Waals surface area contributed by atoms with Crippen LogP contribution in [0.25, 0.3) is 0 Å². The van der Waals surface area contributed by atoms with Crippen LogP contribution < -0.4 is 9.47 Å². The molecule has 0 atom stereocenters. The van der Waals surface area contributed by atoms with E-state index in [4.69, 9.17) is 18.6 Å². The molecular formula is C17H19NO5. The molecule has 0 fully saturated rings. The Hall–Kier alpha value is -2.47. The molecule has 1 aromatic carbocycles. The van der Waals surface area contributed by atoms with Gasteiger partial charge >= 0.3 is 0 Å². The van der Waals surface area contributed by atoms with E-state index in [-0.39, 0.29) is 5.91 Å². The van der Waals surface area contributed by atoms with Gasteiger partial charge in [-0.3, -0.25) is 4.79 Å². The van der Waals surface area contributed by atoms with E-state index in [9.17, 15) is 4.79 Å². The van der Waals surface area contributed by atoms with E-state index < -0.39 is 0 Å². The van der Waals surface area contributed by atoms with Crippen LogP contribution in [0.5, 0.6) is 11.5 Å². The second-order valence-corrected chi connectivity index (χ2v) is 5.16. The molecule has 0 bridgehead atoms. The van der Waals surface area contributed by atoms with E-state index in [2.05, 4.69) is 0 Å². The molecule has 0 N–H and O–H groups in total. The minimum absolute atomic E-state index is 0.101. The van der Waals surface area contributed by atoms with Crippen LogP contribution in [0.2, 0.25) is 0 Å². The minimum atomic E-state index is -0.101. The topological polar surface area (TPSA) is 61.1 Å². The maximum Gasteiger partial charge on any atom is 0.254 e. The standard InChI is InChI=1S/C17H19NO5/c1-20-8-6-18(12-14-3-2-7-21-14)17(19)13-4-5-15-16(11-13)23-10-9-22-15/h2-5,7,11H,6,8-10,12H2,1H3. The Balaban J connectivity index is 1.79. The zero-order chi connectivity index (χ0) is 16.1. The summed E-state index contributed by atoms with van der Waals surface area (Å²) in [7, 11) is 1.61. The molecule has 1 aliphatic heterocycles. The van der Waals surface area contributed by atoms with Crippen molar-refractivity contribution in [1.82, 2.24) is 4.90 Å². The van der Waals surface area contributed by atoms with Crippen molar-refractivity contribution in [3.05, 3.63) is 47.9 Å². The maximum atomic E-state index is 12.8. The van der Waals surface area contributed by atoms with Gasteiger partial charge in [-0.15, -0.1) is 0 Å². The Morgan fingerprint density at radius 2 is 2.04 bits per heavy atom. The molecule has 0 saturated heterocycles. The zero-order valence-electron chi connectivity index (χ0n) is 13.0. The Labute approximate surface area is 134 Å². The maximum absolute atomic E-state index is 12.8. The van der Waals surface area contributed by atoms with E-state index in [1.807, 2.05) is 6.07 Å². The number of benzene rings is 1. The van der Waals surface area contributed by atoms with Gasteiger partial charge in [-0.1, -0.05) is 0 Å². The average Bonchev–Trinajstić information content (AvgIpc) is 3.10. The highest BCUT2D eigenvalue weighted by molar-refractivity contribution is 5.95. The number of fused-ring (bicyclic) bond motifs is 1. The second kappa shape index (κ2) is 7.19. The first kappa shape index (κ1) is 15.4. The van der Waals surface area contributed by atoms with Crippen LogP contribution >= 0.6 is 0 Å². The Morgan fingerprint density at radius 3 is 2.78 bits per heavy atom. The number of methoxy groups -OCH3 is 1. The summed E-state index contributed by atoms with van der Waals surface area (Å²) < 4.78 is 21.5. The number of hydrogen-bond donors (Lipinski definition) is 0. The summed E-state index contributed by atoms with van der Waals surface area (Å²) in [6.07, 6.45) is 1.60. The van der Waals surface area contributed by atoms with Gasteiger partial charge in [-0.2, -0.15) is 0 Å². The van der Waals surface area contributed by atoms with Crippen molar-refractivity contribution in [2.24, 2.45) is 0 Å². The fourth-order valence-electron chi connectivity index (χ4n) is 2.40. The monoisotopic (exact) mass is 317 g/mol. The van der Waals surface area contributed by atoms with Crippen molar-refractivity contribution in [3.63, 3.8) is 0 Å².